The number of ether oxygens (including phenoxy) is 1. The van der Waals surface area contributed by atoms with Gasteiger partial charge in [0.05, 0.1) is 12.8 Å². The monoisotopic (exact) mass is 522 g/mol. The zero-order valence-electron chi connectivity index (χ0n) is 15.2. The highest BCUT2D eigenvalue weighted by Crippen LogP contribution is 2.26. The van der Waals surface area contributed by atoms with Crippen molar-refractivity contribution in [3.8, 4) is 17.3 Å². The fraction of sp³-hybridized carbons (Fsp3) is 0.235. The molecule has 0 radical (unpaired) electrons. The summed E-state index contributed by atoms with van der Waals surface area (Å²) in [5, 5.41) is 12.7. The van der Waals surface area contributed by atoms with Crippen LogP contribution in [0.25, 0.3) is 11.6 Å². The predicted molar refractivity (Wildman–Crippen MR) is 110 cm³/mol. The van der Waals surface area contributed by atoms with E-state index >= 15 is 0 Å². The molecule has 0 aliphatic heterocycles. The first-order valence-corrected chi connectivity index (χ1v) is 8.18. The lowest BCUT2D eigenvalue weighted by Crippen LogP contribution is -2.36. The van der Waals surface area contributed by atoms with Crippen LogP contribution >= 0.6 is 24.0 Å². The van der Waals surface area contributed by atoms with Crippen LogP contribution in [0, 0.1) is 0 Å². The number of aromatic amines is 1. The minimum absolute atomic E-state index is 0. The maximum atomic E-state index is 12.5. The molecule has 0 unspecified atom stereocenters. The van der Waals surface area contributed by atoms with Gasteiger partial charge in [-0.15, -0.1) is 42.2 Å². The Morgan fingerprint density at radius 2 is 1.93 bits per heavy atom. The number of nitrogens with one attached hydrogen (secondary N) is 3. The summed E-state index contributed by atoms with van der Waals surface area (Å²) in [4.78, 5) is 8.31. The predicted octanol–water partition coefficient (Wildman–Crippen LogP) is 3.45. The zero-order valence-corrected chi connectivity index (χ0v) is 17.5. The average molecular weight is 522 g/mol. The third-order valence-electron chi connectivity index (χ3n) is 3.56. The molecule has 0 fully saturated rings. The Kier molecular flexibility index (Phi) is 7.87. The molecule has 0 saturated heterocycles. The number of H-pyrrole nitrogens is 1. The zero-order chi connectivity index (χ0) is 20.0. The molecule has 3 N–H and O–H groups in total. The van der Waals surface area contributed by atoms with Crippen LogP contribution in [0.5, 0.6) is 5.75 Å². The maximum Gasteiger partial charge on any atom is 0.573 e. The second kappa shape index (κ2) is 10.1. The number of rotatable bonds is 6. The first-order chi connectivity index (χ1) is 13.4. The van der Waals surface area contributed by atoms with E-state index < -0.39 is 6.36 Å². The van der Waals surface area contributed by atoms with Crippen molar-refractivity contribution >= 4 is 29.9 Å². The lowest BCUT2D eigenvalue weighted by Gasteiger charge is -2.15. The van der Waals surface area contributed by atoms with E-state index in [-0.39, 0.29) is 42.8 Å². The molecule has 3 rings (SSSR count). The number of alkyl halides is 3. The van der Waals surface area contributed by atoms with Crippen LogP contribution in [-0.4, -0.2) is 34.6 Å². The standard InChI is InChI=1S/C17H17F3N6O2.HI/c1-21-16(22-9-11-5-2-3-6-12(11)28-17(18,19)20)23-10-14-24-15(26-25-14)13-7-4-8-27-13;/h2-8H,9-10H2,1H3,(H2,21,22,23)(H,24,25,26);1H. The van der Waals surface area contributed by atoms with Crippen molar-refractivity contribution in [1.29, 1.82) is 0 Å². The summed E-state index contributed by atoms with van der Waals surface area (Å²) in [5.41, 5.74) is 0.336. The Balaban J connectivity index is 0.00000300. The fourth-order valence-electron chi connectivity index (χ4n) is 2.33. The van der Waals surface area contributed by atoms with Crippen LogP contribution in [0.1, 0.15) is 11.4 Å². The van der Waals surface area contributed by atoms with Crippen molar-refractivity contribution < 1.29 is 22.3 Å². The highest BCUT2D eigenvalue weighted by Gasteiger charge is 2.31. The highest BCUT2D eigenvalue weighted by atomic mass is 127. The van der Waals surface area contributed by atoms with Gasteiger partial charge in [0.15, 0.2) is 11.7 Å². The van der Waals surface area contributed by atoms with Crippen LogP contribution in [0.4, 0.5) is 13.2 Å². The molecule has 0 atom stereocenters. The van der Waals surface area contributed by atoms with Crippen molar-refractivity contribution in [3.05, 3.63) is 54.0 Å². The van der Waals surface area contributed by atoms with Gasteiger partial charge in [0, 0.05) is 19.2 Å². The normalized spacial score (nSPS) is 11.7. The van der Waals surface area contributed by atoms with Crippen molar-refractivity contribution in [2.45, 2.75) is 19.5 Å². The fourth-order valence-corrected chi connectivity index (χ4v) is 2.33. The van der Waals surface area contributed by atoms with E-state index in [4.69, 9.17) is 4.42 Å². The van der Waals surface area contributed by atoms with E-state index in [0.29, 0.717) is 28.9 Å². The number of furan rings is 1. The molecule has 0 aliphatic rings. The molecule has 29 heavy (non-hydrogen) atoms. The maximum absolute atomic E-state index is 12.5. The lowest BCUT2D eigenvalue weighted by atomic mass is 10.2. The third-order valence-corrected chi connectivity index (χ3v) is 3.56. The summed E-state index contributed by atoms with van der Waals surface area (Å²) in [6.07, 6.45) is -3.23. The molecule has 0 spiro atoms. The Morgan fingerprint density at radius 1 is 1.17 bits per heavy atom. The smallest absolute Gasteiger partial charge is 0.461 e. The second-order valence-electron chi connectivity index (χ2n) is 5.52. The first-order valence-electron chi connectivity index (χ1n) is 8.18. The van der Waals surface area contributed by atoms with Crippen LogP contribution in [0.2, 0.25) is 0 Å². The second-order valence-corrected chi connectivity index (χ2v) is 5.52. The first kappa shape index (κ1) is 22.5. The number of guanidine groups is 1. The molecule has 0 aliphatic carbocycles. The van der Waals surface area contributed by atoms with Gasteiger partial charge < -0.3 is 19.8 Å². The van der Waals surface area contributed by atoms with E-state index in [1.807, 2.05) is 0 Å². The number of benzene rings is 1. The molecular weight excluding hydrogens is 504 g/mol. The minimum Gasteiger partial charge on any atom is -0.461 e. The van der Waals surface area contributed by atoms with E-state index in [2.05, 4.69) is 35.5 Å². The Labute approximate surface area is 181 Å². The minimum atomic E-state index is -4.76. The van der Waals surface area contributed by atoms with E-state index in [1.54, 1.807) is 25.2 Å². The summed E-state index contributed by atoms with van der Waals surface area (Å²) in [7, 11) is 1.54. The van der Waals surface area contributed by atoms with E-state index in [0.717, 1.165) is 0 Å². The van der Waals surface area contributed by atoms with Gasteiger partial charge in [-0.05, 0) is 18.2 Å². The van der Waals surface area contributed by atoms with Gasteiger partial charge in [0.2, 0.25) is 5.82 Å². The van der Waals surface area contributed by atoms with Gasteiger partial charge >= 0.3 is 6.36 Å². The molecule has 0 amide bonds. The van der Waals surface area contributed by atoms with Crippen molar-refractivity contribution in [3.63, 3.8) is 0 Å². The van der Waals surface area contributed by atoms with Gasteiger partial charge in [-0.1, -0.05) is 18.2 Å². The van der Waals surface area contributed by atoms with Crippen LogP contribution < -0.4 is 15.4 Å². The van der Waals surface area contributed by atoms with Crippen LogP contribution in [-0.2, 0) is 13.1 Å². The molecule has 156 valence electrons. The Hall–Kier alpha value is -2.77. The highest BCUT2D eigenvalue weighted by molar-refractivity contribution is 14.0. The number of aromatic nitrogens is 3. The molecule has 8 nitrogen and oxygen atoms in total. The van der Waals surface area contributed by atoms with Crippen LogP contribution in [0.3, 0.4) is 0 Å². The van der Waals surface area contributed by atoms with Crippen molar-refractivity contribution in [1.82, 2.24) is 25.8 Å². The van der Waals surface area contributed by atoms with Crippen molar-refractivity contribution in [2.24, 2.45) is 4.99 Å². The number of para-hydroxylation sites is 1. The number of nitrogens with zero attached hydrogens (tertiary/aromatic N) is 3. The SMILES string of the molecule is CN=C(NCc1nc(-c2ccco2)n[nH]1)NCc1ccccc1OC(F)(F)F.I. The van der Waals surface area contributed by atoms with Gasteiger partial charge in [0.1, 0.15) is 11.6 Å². The van der Waals surface area contributed by atoms with Gasteiger partial charge in [-0.3, -0.25) is 10.1 Å². The lowest BCUT2D eigenvalue weighted by molar-refractivity contribution is -0.274. The van der Waals surface area contributed by atoms with E-state index in [1.165, 1.54) is 24.5 Å². The summed E-state index contributed by atoms with van der Waals surface area (Å²) >= 11 is 0. The number of halogens is 4. The largest absolute Gasteiger partial charge is 0.573 e. The summed E-state index contributed by atoms with van der Waals surface area (Å²) in [6.45, 7) is 0.355. The van der Waals surface area contributed by atoms with Crippen LogP contribution in [0.15, 0.2) is 52.1 Å². The Morgan fingerprint density at radius 3 is 2.62 bits per heavy atom. The summed E-state index contributed by atoms with van der Waals surface area (Å²) < 4.78 is 46.7. The molecule has 3 aromatic rings. The molecular formula is C17H18F3IN6O2. The molecule has 0 saturated carbocycles. The number of hydrogen-bond acceptors (Lipinski definition) is 5. The Bertz CT molecular complexity index is 927. The van der Waals surface area contributed by atoms with E-state index in [9.17, 15) is 13.2 Å². The molecule has 0 bridgehead atoms. The quantitative estimate of drug-likeness (QED) is 0.261. The van der Waals surface area contributed by atoms with Gasteiger partial charge in [-0.25, -0.2) is 4.98 Å². The molecule has 1 aromatic carbocycles. The topological polar surface area (TPSA) is 100 Å². The summed E-state index contributed by atoms with van der Waals surface area (Å²) in [6, 6.07) is 9.36. The molecule has 12 heteroatoms. The average Bonchev–Trinajstić information content (AvgIpc) is 3.33. The van der Waals surface area contributed by atoms with Crippen molar-refractivity contribution in [2.75, 3.05) is 7.05 Å². The molecule has 2 aromatic heterocycles. The van der Waals surface area contributed by atoms with Gasteiger partial charge in [0.25, 0.3) is 0 Å². The number of hydrogen-bond donors (Lipinski definition) is 3. The third kappa shape index (κ3) is 6.66. The number of aliphatic imine (C=N–C) groups is 1. The molecule has 2 heterocycles. The van der Waals surface area contributed by atoms with Gasteiger partial charge in [-0.2, -0.15) is 0 Å². The summed E-state index contributed by atoms with van der Waals surface area (Å²) in [5.74, 6) is 1.60.